The van der Waals surface area contributed by atoms with Crippen LogP contribution in [0.3, 0.4) is 0 Å². The number of anilines is 1. The van der Waals surface area contributed by atoms with Gasteiger partial charge in [0, 0.05) is 42.2 Å². The number of fused-ring (bicyclic) bond motifs is 1. The van der Waals surface area contributed by atoms with Crippen LogP contribution in [0.25, 0.3) is 0 Å². The fourth-order valence-electron chi connectivity index (χ4n) is 3.58. The van der Waals surface area contributed by atoms with Crippen molar-refractivity contribution in [3.05, 3.63) is 41.6 Å². The normalized spacial score (nSPS) is 21.7. The zero-order valence-corrected chi connectivity index (χ0v) is 13.8. The number of benzene rings is 1. The van der Waals surface area contributed by atoms with Gasteiger partial charge in [-0.3, -0.25) is 9.79 Å². The third-order valence-electron chi connectivity index (χ3n) is 4.87. The van der Waals surface area contributed by atoms with Crippen LogP contribution in [0.5, 0.6) is 0 Å². The van der Waals surface area contributed by atoms with E-state index < -0.39 is 5.92 Å². The Hall–Kier alpha value is -2.41. The molecule has 0 fully saturated rings. The van der Waals surface area contributed by atoms with Crippen molar-refractivity contribution in [2.24, 2.45) is 10.9 Å². The number of hydrogen-bond donors (Lipinski definition) is 0. The minimum atomic E-state index is -0.738. The Kier molecular flexibility index (Phi) is 3.81. The van der Waals surface area contributed by atoms with Crippen LogP contribution in [0, 0.1) is 17.2 Å². The molecule has 1 atom stereocenters. The molecule has 1 unspecified atom stereocenters. The summed E-state index contributed by atoms with van der Waals surface area (Å²) >= 11 is 0. The Morgan fingerprint density at radius 3 is 2.78 bits per heavy atom. The zero-order chi connectivity index (χ0) is 16.6. The Balaban J connectivity index is 1.97. The van der Waals surface area contributed by atoms with Gasteiger partial charge in [-0.15, -0.1) is 0 Å². The predicted molar refractivity (Wildman–Crippen MR) is 91.6 cm³/mol. The summed E-state index contributed by atoms with van der Waals surface area (Å²) in [5, 5.41) is 9.41. The maximum Gasteiger partial charge on any atom is 0.180 e. The van der Waals surface area contributed by atoms with Crippen LogP contribution >= 0.6 is 0 Å². The number of nitriles is 1. The highest BCUT2D eigenvalue weighted by Gasteiger charge is 2.39. The second-order valence-electron chi connectivity index (χ2n) is 6.67. The molecular weight excluding hydrogens is 286 g/mol. The molecular formula is C19H21N3O. The molecule has 2 aliphatic rings. The van der Waals surface area contributed by atoms with Crippen LogP contribution in [0.15, 0.2) is 41.0 Å². The second kappa shape index (κ2) is 5.66. The van der Waals surface area contributed by atoms with Crippen LogP contribution < -0.4 is 4.90 Å². The molecule has 2 aliphatic heterocycles. The van der Waals surface area contributed by atoms with E-state index in [0.29, 0.717) is 0 Å². The van der Waals surface area contributed by atoms with E-state index in [1.54, 1.807) is 6.08 Å². The van der Waals surface area contributed by atoms with Crippen molar-refractivity contribution in [3.63, 3.8) is 0 Å². The topological polar surface area (TPSA) is 56.5 Å². The molecule has 118 valence electrons. The predicted octanol–water partition coefficient (Wildman–Crippen LogP) is 3.24. The first-order valence-corrected chi connectivity index (χ1v) is 7.99. The van der Waals surface area contributed by atoms with Crippen LogP contribution in [-0.4, -0.2) is 25.1 Å². The monoisotopic (exact) mass is 307 g/mol. The van der Waals surface area contributed by atoms with E-state index in [4.69, 9.17) is 0 Å². The Morgan fingerprint density at radius 2 is 2.17 bits per heavy atom. The minimum absolute atomic E-state index is 0.157. The number of nitrogens with zero attached hydrogens (tertiary/aromatic N) is 3. The fraction of sp³-hybridized carbons (Fsp3) is 0.421. The molecule has 0 N–H and O–H groups in total. The molecule has 3 rings (SSSR count). The molecule has 0 aliphatic carbocycles. The van der Waals surface area contributed by atoms with Crippen LogP contribution in [0.2, 0.25) is 0 Å². The van der Waals surface area contributed by atoms with Gasteiger partial charge in [-0.25, -0.2) is 0 Å². The maximum absolute atomic E-state index is 12.7. The van der Waals surface area contributed by atoms with E-state index in [-0.39, 0.29) is 11.2 Å². The molecule has 23 heavy (non-hydrogen) atoms. The first-order chi connectivity index (χ1) is 11.0. The standard InChI is InChI=1S/C19H21N3O/c1-19(2)14-7-4-5-9-16(14)22(3)18(19)11-17(23)13(12-20)15-8-6-10-21-15/h4-5,7,9,11,13H,6,8,10H2,1-3H3/b18-11-. The van der Waals surface area contributed by atoms with Crippen molar-refractivity contribution in [1.29, 1.82) is 5.26 Å². The molecule has 0 spiro atoms. The van der Waals surface area contributed by atoms with Crippen molar-refractivity contribution in [2.75, 3.05) is 18.5 Å². The molecule has 2 heterocycles. The summed E-state index contributed by atoms with van der Waals surface area (Å²) in [5.74, 6) is -0.895. The third-order valence-corrected chi connectivity index (χ3v) is 4.87. The summed E-state index contributed by atoms with van der Waals surface area (Å²) in [7, 11) is 1.97. The molecule has 0 saturated carbocycles. The number of aliphatic imine (C=N–C) groups is 1. The smallest absolute Gasteiger partial charge is 0.180 e. The number of hydrogen-bond acceptors (Lipinski definition) is 4. The number of rotatable bonds is 3. The molecule has 4 nitrogen and oxygen atoms in total. The summed E-state index contributed by atoms with van der Waals surface area (Å²) < 4.78 is 0. The minimum Gasteiger partial charge on any atom is -0.347 e. The number of carbonyl (C=O) groups is 1. The van der Waals surface area contributed by atoms with Crippen molar-refractivity contribution in [2.45, 2.75) is 32.1 Å². The van der Waals surface area contributed by atoms with E-state index in [1.807, 2.05) is 19.2 Å². The van der Waals surface area contributed by atoms with Gasteiger partial charge in [0.15, 0.2) is 5.78 Å². The van der Waals surface area contributed by atoms with Crippen molar-refractivity contribution >= 4 is 17.2 Å². The van der Waals surface area contributed by atoms with E-state index in [0.717, 1.165) is 36.5 Å². The van der Waals surface area contributed by atoms with Crippen LogP contribution in [0.1, 0.15) is 32.3 Å². The number of likely N-dealkylation sites (N-methyl/N-ethyl adjacent to an activating group) is 1. The van der Waals surface area contributed by atoms with Crippen molar-refractivity contribution < 1.29 is 4.79 Å². The van der Waals surface area contributed by atoms with Crippen LogP contribution in [-0.2, 0) is 10.2 Å². The molecule has 0 bridgehead atoms. The molecule has 1 aromatic rings. The van der Waals surface area contributed by atoms with E-state index >= 15 is 0 Å². The summed E-state index contributed by atoms with van der Waals surface area (Å²) in [4.78, 5) is 19.1. The molecule has 0 amide bonds. The number of carbonyl (C=O) groups excluding carboxylic acids is 1. The van der Waals surface area contributed by atoms with Gasteiger partial charge in [0.1, 0.15) is 5.92 Å². The van der Waals surface area contributed by atoms with Gasteiger partial charge in [0.05, 0.1) is 6.07 Å². The summed E-state index contributed by atoms with van der Waals surface area (Å²) in [6.45, 7) is 4.96. The highest BCUT2D eigenvalue weighted by atomic mass is 16.1. The summed E-state index contributed by atoms with van der Waals surface area (Å²) in [6, 6.07) is 10.3. The fourth-order valence-corrected chi connectivity index (χ4v) is 3.58. The van der Waals surface area contributed by atoms with Crippen LogP contribution in [0.4, 0.5) is 5.69 Å². The van der Waals surface area contributed by atoms with Crippen molar-refractivity contribution in [3.8, 4) is 6.07 Å². The quantitative estimate of drug-likeness (QED) is 0.806. The van der Waals surface area contributed by atoms with Gasteiger partial charge in [-0.1, -0.05) is 32.0 Å². The van der Waals surface area contributed by atoms with Gasteiger partial charge in [-0.2, -0.15) is 5.26 Å². The Labute approximate surface area is 137 Å². The largest absolute Gasteiger partial charge is 0.347 e. The van der Waals surface area contributed by atoms with E-state index in [9.17, 15) is 10.1 Å². The Bertz CT molecular complexity index is 752. The highest BCUT2D eigenvalue weighted by Crippen LogP contribution is 2.46. The lowest BCUT2D eigenvalue weighted by Gasteiger charge is -2.24. The lowest BCUT2D eigenvalue weighted by molar-refractivity contribution is -0.115. The Morgan fingerprint density at radius 1 is 1.43 bits per heavy atom. The average Bonchev–Trinajstić information content (AvgIpc) is 3.11. The lowest BCUT2D eigenvalue weighted by atomic mass is 9.82. The van der Waals surface area contributed by atoms with Gasteiger partial charge < -0.3 is 4.90 Å². The van der Waals surface area contributed by atoms with Gasteiger partial charge in [0.2, 0.25) is 0 Å². The first kappa shape index (κ1) is 15.5. The van der Waals surface area contributed by atoms with E-state index in [1.165, 1.54) is 5.56 Å². The molecule has 1 aromatic carbocycles. The highest BCUT2D eigenvalue weighted by molar-refractivity contribution is 6.12. The summed E-state index contributed by atoms with van der Waals surface area (Å²) in [5.41, 5.74) is 3.74. The molecule has 0 radical (unpaired) electrons. The van der Waals surface area contributed by atoms with Gasteiger partial charge in [-0.05, 0) is 24.5 Å². The SMILES string of the molecule is CN1/C(=C\C(=O)C(C#N)C2=NCCC2)C(C)(C)c2ccccc21. The number of para-hydroxylation sites is 1. The number of ketones is 1. The van der Waals surface area contributed by atoms with Gasteiger partial charge >= 0.3 is 0 Å². The molecule has 4 heteroatoms. The summed E-state index contributed by atoms with van der Waals surface area (Å²) in [6.07, 6.45) is 3.34. The molecule has 0 saturated heterocycles. The maximum atomic E-state index is 12.7. The second-order valence-corrected chi connectivity index (χ2v) is 6.67. The van der Waals surface area contributed by atoms with Gasteiger partial charge in [0.25, 0.3) is 0 Å². The lowest BCUT2D eigenvalue weighted by Crippen LogP contribution is -2.27. The van der Waals surface area contributed by atoms with Crippen molar-refractivity contribution in [1.82, 2.24) is 0 Å². The van der Waals surface area contributed by atoms with E-state index in [2.05, 4.69) is 41.9 Å². The first-order valence-electron chi connectivity index (χ1n) is 7.99. The zero-order valence-electron chi connectivity index (χ0n) is 13.8. The third kappa shape index (κ3) is 2.46. The average molecular weight is 307 g/mol. The molecule has 0 aromatic heterocycles. The number of allylic oxidation sites excluding steroid dienone is 2.